The molecule has 0 atom stereocenters. The number of carbonyl (C=O) groups excluding carboxylic acids is 2. The van der Waals surface area contributed by atoms with Crippen molar-refractivity contribution < 1.29 is 14.3 Å². The number of methoxy groups -OCH3 is 1. The summed E-state index contributed by atoms with van der Waals surface area (Å²) < 4.78 is 8.83. The number of para-hydroxylation sites is 1. The predicted molar refractivity (Wildman–Crippen MR) is 141 cm³/mol. The van der Waals surface area contributed by atoms with E-state index >= 15 is 0 Å². The highest BCUT2D eigenvalue weighted by Gasteiger charge is 2.30. The third-order valence-electron chi connectivity index (χ3n) is 7.13. The van der Waals surface area contributed by atoms with E-state index in [2.05, 4.69) is 5.32 Å². The molecule has 1 aliphatic carbocycles. The second-order valence-electron chi connectivity index (χ2n) is 9.82. The van der Waals surface area contributed by atoms with Crippen molar-refractivity contribution in [3.63, 3.8) is 0 Å². The smallest absolute Gasteiger partial charge is 0.329 e. The van der Waals surface area contributed by atoms with E-state index in [1.165, 1.54) is 0 Å². The Morgan fingerprint density at radius 1 is 1.14 bits per heavy atom. The average Bonchev–Trinajstić information content (AvgIpc) is 3.14. The molecular formula is C27H35N5O4. The lowest BCUT2D eigenvalue weighted by Crippen LogP contribution is -2.33. The number of nitrogens with one attached hydrogen (secondary N) is 1. The van der Waals surface area contributed by atoms with Crippen LogP contribution in [0.15, 0.2) is 41.2 Å². The van der Waals surface area contributed by atoms with Crippen molar-refractivity contribution in [2.24, 2.45) is 11.7 Å². The van der Waals surface area contributed by atoms with Gasteiger partial charge in [0.2, 0.25) is 5.91 Å². The van der Waals surface area contributed by atoms with Gasteiger partial charge in [-0.3, -0.25) is 18.7 Å². The third kappa shape index (κ3) is 5.02. The van der Waals surface area contributed by atoms with Gasteiger partial charge in [-0.2, -0.15) is 0 Å². The highest BCUT2D eigenvalue weighted by molar-refractivity contribution is 6.04. The molecule has 2 amide bonds. The van der Waals surface area contributed by atoms with Gasteiger partial charge in [0.1, 0.15) is 5.75 Å². The summed E-state index contributed by atoms with van der Waals surface area (Å²) in [4.78, 5) is 40.7. The first-order valence-electron chi connectivity index (χ1n) is 12.3. The first kappa shape index (κ1) is 25.5. The maximum absolute atomic E-state index is 13.6. The summed E-state index contributed by atoms with van der Waals surface area (Å²) in [5.74, 6) is 0.0324. The molecular weight excluding hydrogens is 458 g/mol. The highest BCUT2D eigenvalue weighted by Crippen LogP contribution is 2.35. The number of hydrogen-bond acceptors (Lipinski definition) is 5. The molecule has 1 heterocycles. The number of aryl methyl sites for hydroxylation is 1. The Kier molecular flexibility index (Phi) is 7.49. The average molecular weight is 494 g/mol. The number of likely N-dealkylation sites (N-methyl/N-ethyl adjacent to an activating group) is 1. The fourth-order valence-corrected chi connectivity index (χ4v) is 5.14. The van der Waals surface area contributed by atoms with E-state index in [0.29, 0.717) is 55.5 Å². The first-order valence-corrected chi connectivity index (χ1v) is 12.3. The summed E-state index contributed by atoms with van der Waals surface area (Å²) >= 11 is 0. The number of aromatic nitrogens is 2. The Morgan fingerprint density at radius 3 is 2.50 bits per heavy atom. The molecule has 4 rings (SSSR count). The van der Waals surface area contributed by atoms with Crippen LogP contribution >= 0.6 is 0 Å². The number of anilines is 1. The standard InChI is InChI=1S/C27H35N5O4/c1-17-8-11-19(16-23(17)36-4)29-26(34)18-9-12-20(13-10-18)32-22-7-5-6-21(25(28)33)24(22)31(27(32)35)15-14-30(2)3/h5-8,11,16,18,20H,9-10,12-15H2,1-4H3,(H2,28,33)(H,29,34). The van der Waals surface area contributed by atoms with E-state index in [4.69, 9.17) is 10.5 Å². The summed E-state index contributed by atoms with van der Waals surface area (Å²) in [5.41, 5.74) is 8.89. The lowest BCUT2D eigenvalue weighted by atomic mass is 9.85. The van der Waals surface area contributed by atoms with Crippen molar-refractivity contribution in [3.8, 4) is 5.75 Å². The Hall–Kier alpha value is -3.59. The lowest BCUT2D eigenvalue weighted by Gasteiger charge is -2.28. The van der Waals surface area contributed by atoms with E-state index in [1.54, 1.807) is 28.4 Å². The van der Waals surface area contributed by atoms with Gasteiger partial charge in [-0.25, -0.2) is 4.79 Å². The third-order valence-corrected chi connectivity index (χ3v) is 7.13. The second kappa shape index (κ2) is 10.6. The molecule has 3 N–H and O–H groups in total. The van der Waals surface area contributed by atoms with Crippen molar-refractivity contribution in [2.75, 3.05) is 33.1 Å². The molecule has 0 spiro atoms. The quantitative estimate of drug-likeness (QED) is 0.501. The molecule has 192 valence electrons. The number of amides is 2. The van der Waals surface area contributed by atoms with Crippen LogP contribution in [0, 0.1) is 12.8 Å². The van der Waals surface area contributed by atoms with Crippen LogP contribution in [0.1, 0.15) is 47.6 Å². The second-order valence-corrected chi connectivity index (χ2v) is 9.82. The van der Waals surface area contributed by atoms with Crippen LogP contribution in [0.2, 0.25) is 0 Å². The number of ether oxygens (including phenoxy) is 1. The Bertz CT molecular complexity index is 1330. The summed E-state index contributed by atoms with van der Waals surface area (Å²) in [6.07, 6.45) is 2.74. The van der Waals surface area contributed by atoms with E-state index in [-0.39, 0.29) is 23.6 Å². The number of nitrogens with two attached hydrogens (primary N) is 1. The lowest BCUT2D eigenvalue weighted by molar-refractivity contribution is -0.121. The number of imidazole rings is 1. The van der Waals surface area contributed by atoms with Gasteiger partial charge in [-0.05, 0) is 70.5 Å². The van der Waals surface area contributed by atoms with Gasteiger partial charge in [0, 0.05) is 36.8 Å². The topological polar surface area (TPSA) is 112 Å². The molecule has 9 nitrogen and oxygen atoms in total. The minimum absolute atomic E-state index is 0.0175. The minimum Gasteiger partial charge on any atom is -0.496 e. The fraction of sp³-hybridized carbons (Fsp3) is 0.444. The molecule has 0 aliphatic heterocycles. The zero-order valence-electron chi connectivity index (χ0n) is 21.4. The zero-order valence-corrected chi connectivity index (χ0v) is 21.4. The SMILES string of the molecule is COc1cc(NC(=O)C2CCC(n3c(=O)n(CCN(C)C)c4c(C(N)=O)cccc43)CC2)ccc1C. The molecule has 1 saturated carbocycles. The Labute approximate surface area is 210 Å². The van der Waals surface area contributed by atoms with E-state index in [1.807, 2.05) is 50.2 Å². The van der Waals surface area contributed by atoms with Crippen LogP contribution in [-0.4, -0.2) is 53.6 Å². The molecule has 1 aliphatic rings. The molecule has 0 saturated heterocycles. The van der Waals surface area contributed by atoms with E-state index in [9.17, 15) is 14.4 Å². The number of nitrogens with zero attached hydrogens (tertiary/aromatic N) is 3. The van der Waals surface area contributed by atoms with Gasteiger partial charge in [0.15, 0.2) is 0 Å². The zero-order chi connectivity index (χ0) is 26.0. The molecule has 2 aromatic carbocycles. The Balaban J connectivity index is 1.55. The van der Waals surface area contributed by atoms with Gasteiger partial charge in [0.05, 0.1) is 23.7 Å². The predicted octanol–water partition coefficient (Wildman–Crippen LogP) is 3.15. The molecule has 1 aromatic heterocycles. The van der Waals surface area contributed by atoms with Crippen LogP contribution < -0.4 is 21.5 Å². The summed E-state index contributed by atoms with van der Waals surface area (Å²) in [7, 11) is 5.50. The summed E-state index contributed by atoms with van der Waals surface area (Å²) in [6, 6.07) is 10.9. The monoisotopic (exact) mass is 493 g/mol. The molecule has 3 aromatic rings. The van der Waals surface area contributed by atoms with Crippen molar-refractivity contribution in [1.29, 1.82) is 0 Å². The number of carbonyl (C=O) groups is 2. The number of primary amides is 1. The van der Waals surface area contributed by atoms with Crippen LogP contribution in [0.5, 0.6) is 5.75 Å². The molecule has 0 radical (unpaired) electrons. The number of benzene rings is 2. The number of rotatable bonds is 8. The van der Waals surface area contributed by atoms with Crippen molar-refractivity contribution in [2.45, 2.75) is 45.2 Å². The highest BCUT2D eigenvalue weighted by atomic mass is 16.5. The van der Waals surface area contributed by atoms with Crippen LogP contribution in [-0.2, 0) is 11.3 Å². The number of hydrogen-bond donors (Lipinski definition) is 2. The van der Waals surface area contributed by atoms with E-state index in [0.717, 1.165) is 16.8 Å². The largest absolute Gasteiger partial charge is 0.496 e. The van der Waals surface area contributed by atoms with Gasteiger partial charge in [0.25, 0.3) is 5.91 Å². The molecule has 0 bridgehead atoms. The molecule has 0 unspecified atom stereocenters. The van der Waals surface area contributed by atoms with Crippen LogP contribution in [0.3, 0.4) is 0 Å². The molecule has 9 heteroatoms. The van der Waals surface area contributed by atoms with Gasteiger partial charge in [-0.15, -0.1) is 0 Å². The summed E-state index contributed by atoms with van der Waals surface area (Å²) in [5, 5.41) is 3.01. The summed E-state index contributed by atoms with van der Waals surface area (Å²) in [6.45, 7) is 3.07. The fourth-order valence-electron chi connectivity index (χ4n) is 5.14. The van der Waals surface area contributed by atoms with Crippen molar-refractivity contribution >= 4 is 28.5 Å². The maximum Gasteiger partial charge on any atom is 0.329 e. The van der Waals surface area contributed by atoms with E-state index < -0.39 is 5.91 Å². The minimum atomic E-state index is -0.551. The van der Waals surface area contributed by atoms with Gasteiger partial charge < -0.3 is 20.7 Å². The first-order chi connectivity index (χ1) is 17.2. The van der Waals surface area contributed by atoms with Crippen molar-refractivity contribution in [3.05, 3.63) is 58.0 Å². The maximum atomic E-state index is 13.6. The van der Waals surface area contributed by atoms with Crippen LogP contribution in [0.4, 0.5) is 5.69 Å². The number of fused-ring (bicyclic) bond motifs is 1. The van der Waals surface area contributed by atoms with Gasteiger partial charge >= 0.3 is 5.69 Å². The van der Waals surface area contributed by atoms with Gasteiger partial charge in [-0.1, -0.05) is 12.1 Å². The molecule has 36 heavy (non-hydrogen) atoms. The van der Waals surface area contributed by atoms with Crippen LogP contribution in [0.25, 0.3) is 11.0 Å². The Morgan fingerprint density at radius 2 is 1.86 bits per heavy atom. The normalized spacial score (nSPS) is 17.9. The molecule has 1 fully saturated rings. The van der Waals surface area contributed by atoms with Crippen molar-refractivity contribution in [1.82, 2.24) is 14.0 Å².